The van der Waals surface area contributed by atoms with Crippen molar-refractivity contribution in [1.29, 1.82) is 0 Å². The number of carboxylic acid groups (broad SMARTS) is 1. The van der Waals surface area contributed by atoms with Crippen LogP contribution in [-0.2, 0) is 4.79 Å². The van der Waals surface area contributed by atoms with E-state index in [-0.39, 0.29) is 19.0 Å². The van der Waals surface area contributed by atoms with Crippen molar-refractivity contribution < 1.29 is 23.1 Å². The molecule has 0 rings (SSSR count). The topological polar surface area (TPSA) is 52.6 Å². The SMILES string of the molecule is CCCNC(C)(CCN(CC(F)(F)F)C(C)C)C(=O)O. The zero-order chi connectivity index (χ0) is 16.0. The maximum absolute atomic E-state index is 12.5. The van der Waals surface area contributed by atoms with Crippen LogP contribution >= 0.6 is 0 Å². The molecule has 2 N–H and O–H groups in total. The predicted octanol–water partition coefficient (Wildman–Crippen LogP) is 2.49. The summed E-state index contributed by atoms with van der Waals surface area (Å²) in [6.45, 7) is 6.33. The molecule has 0 spiro atoms. The average molecular weight is 298 g/mol. The van der Waals surface area contributed by atoms with Crippen LogP contribution in [0.4, 0.5) is 13.2 Å². The molecule has 0 saturated heterocycles. The number of rotatable bonds is 9. The Morgan fingerprint density at radius 3 is 2.25 bits per heavy atom. The van der Waals surface area contributed by atoms with Crippen LogP contribution in [0.2, 0.25) is 0 Å². The summed E-state index contributed by atoms with van der Waals surface area (Å²) in [5.41, 5.74) is -1.20. The number of carbonyl (C=O) groups is 1. The third-order valence-corrected chi connectivity index (χ3v) is 3.25. The first-order chi connectivity index (χ1) is 9.02. The van der Waals surface area contributed by atoms with Crippen LogP contribution in [0.1, 0.15) is 40.5 Å². The van der Waals surface area contributed by atoms with Crippen LogP contribution in [0.3, 0.4) is 0 Å². The van der Waals surface area contributed by atoms with Gasteiger partial charge in [0, 0.05) is 12.6 Å². The normalized spacial score (nSPS) is 15.7. The second kappa shape index (κ2) is 7.83. The number of alkyl halides is 3. The van der Waals surface area contributed by atoms with Gasteiger partial charge in [0.15, 0.2) is 0 Å². The summed E-state index contributed by atoms with van der Waals surface area (Å²) in [5.74, 6) is -1.04. The van der Waals surface area contributed by atoms with E-state index in [0.717, 1.165) is 6.42 Å². The molecule has 0 fully saturated rings. The summed E-state index contributed by atoms with van der Waals surface area (Å²) in [7, 11) is 0. The molecule has 4 nitrogen and oxygen atoms in total. The number of aliphatic carboxylic acids is 1. The molecule has 20 heavy (non-hydrogen) atoms. The van der Waals surface area contributed by atoms with E-state index in [1.807, 2.05) is 6.92 Å². The van der Waals surface area contributed by atoms with Gasteiger partial charge in [-0.05, 0) is 40.2 Å². The molecule has 0 aliphatic rings. The smallest absolute Gasteiger partial charge is 0.401 e. The molecular formula is C13H25F3N2O2. The monoisotopic (exact) mass is 298 g/mol. The third kappa shape index (κ3) is 7.09. The molecule has 0 aromatic carbocycles. The van der Waals surface area contributed by atoms with Crippen LogP contribution in [0.25, 0.3) is 0 Å². The molecule has 0 aliphatic carbocycles. The van der Waals surface area contributed by atoms with Crippen molar-refractivity contribution in [2.24, 2.45) is 0 Å². The summed E-state index contributed by atoms with van der Waals surface area (Å²) in [6.07, 6.45) is -3.39. The number of carboxylic acids is 1. The number of nitrogens with zero attached hydrogens (tertiary/aromatic N) is 1. The minimum atomic E-state index is -4.28. The fourth-order valence-electron chi connectivity index (χ4n) is 1.79. The first kappa shape index (κ1) is 19.2. The summed E-state index contributed by atoms with van der Waals surface area (Å²) in [4.78, 5) is 12.5. The van der Waals surface area contributed by atoms with Gasteiger partial charge in [-0.25, -0.2) is 0 Å². The zero-order valence-corrected chi connectivity index (χ0v) is 12.5. The molecule has 0 aromatic heterocycles. The molecule has 0 aromatic rings. The van der Waals surface area contributed by atoms with Gasteiger partial charge in [-0.2, -0.15) is 13.2 Å². The molecule has 0 saturated carbocycles. The Balaban J connectivity index is 4.67. The fraction of sp³-hybridized carbons (Fsp3) is 0.923. The summed E-state index contributed by atoms with van der Waals surface area (Å²) in [5, 5.41) is 12.1. The van der Waals surface area contributed by atoms with E-state index in [1.54, 1.807) is 13.8 Å². The van der Waals surface area contributed by atoms with Crippen LogP contribution in [0, 0.1) is 0 Å². The van der Waals surface area contributed by atoms with Gasteiger partial charge in [0.05, 0.1) is 6.54 Å². The largest absolute Gasteiger partial charge is 0.480 e. The Morgan fingerprint density at radius 1 is 1.35 bits per heavy atom. The summed E-state index contributed by atoms with van der Waals surface area (Å²) >= 11 is 0. The number of hydrogen-bond donors (Lipinski definition) is 2. The van der Waals surface area contributed by atoms with E-state index in [4.69, 9.17) is 0 Å². The number of halogens is 3. The lowest BCUT2D eigenvalue weighted by Crippen LogP contribution is -2.52. The summed E-state index contributed by atoms with van der Waals surface area (Å²) in [6, 6.07) is -0.291. The molecule has 0 heterocycles. The highest BCUT2D eigenvalue weighted by atomic mass is 19.4. The second-order valence-corrected chi connectivity index (χ2v) is 5.49. The van der Waals surface area contributed by atoms with E-state index in [0.29, 0.717) is 6.54 Å². The highest BCUT2D eigenvalue weighted by Crippen LogP contribution is 2.20. The van der Waals surface area contributed by atoms with Crippen molar-refractivity contribution >= 4 is 5.97 Å². The molecule has 0 radical (unpaired) electrons. The van der Waals surface area contributed by atoms with Gasteiger partial charge in [0.2, 0.25) is 0 Å². The Labute approximate surface area is 118 Å². The van der Waals surface area contributed by atoms with Crippen molar-refractivity contribution in [2.45, 2.75) is 58.3 Å². The molecule has 0 aliphatic heterocycles. The van der Waals surface area contributed by atoms with E-state index < -0.39 is 24.2 Å². The van der Waals surface area contributed by atoms with Crippen LogP contribution in [0.15, 0.2) is 0 Å². The second-order valence-electron chi connectivity index (χ2n) is 5.49. The zero-order valence-electron chi connectivity index (χ0n) is 12.5. The average Bonchev–Trinajstić information content (AvgIpc) is 2.30. The minimum Gasteiger partial charge on any atom is -0.480 e. The highest BCUT2D eigenvalue weighted by Gasteiger charge is 2.36. The first-order valence-electron chi connectivity index (χ1n) is 6.81. The lowest BCUT2D eigenvalue weighted by molar-refractivity contribution is -0.151. The fourth-order valence-corrected chi connectivity index (χ4v) is 1.79. The van der Waals surface area contributed by atoms with Gasteiger partial charge >= 0.3 is 12.1 Å². The number of hydrogen-bond acceptors (Lipinski definition) is 3. The van der Waals surface area contributed by atoms with Crippen LogP contribution in [-0.4, -0.2) is 53.4 Å². The Hall–Kier alpha value is -0.820. The van der Waals surface area contributed by atoms with Gasteiger partial charge in [-0.3, -0.25) is 9.69 Å². The van der Waals surface area contributed by atoms with Crippen molar-refractivity contribution in [3.05, 3.63) is 0 Å². The quantitative estimate of drug-likeness (QED) is 0.687. The Morgan fingerprint density at radius 2 is 1.90 bits per heavy atom. The van der Waals surface area contributed by atoms with E-state index in [2.05, 4.69) is 5.32 Å². The molecule has 0 amide bonds. The summed E-state index contributed by atoms with van der Waals surface area (Å²) < 4.78 is 37.4. The van der Waals surface area contributed by atoms with Crippen molar-refractivity contribution in [2.75, 3.05) is 19.6 Å². The number of nitrogens with one attached hydrogen (secondary N) is 1. The van der Waals surface area contributed by atoms with Gasteiger partial charge in [-0.15, -0.1) is 0 Å². The van der Waals surface area contributed by atoms with Gasteiger partial charge in [0.1, 0.15) is 5.54 Å². The third-order valence-electron chi connectivity index (χ3n) is 3.25. The Bertz CT molecular complexity index is 308. The van der Waals surface area contributed by atoms with Crippen LogP contribution < -0.4 is 5.32 Å². The highest BCUT2D eigenvalue weighted by molar-refractivity contribution is 5.78. The van der Waals surface area contributed by atoms with Crippen molar-refractivity contribution in [3.8, 4) is 0 Å². The van der Waals surface area contributed by atoms with Gasteiger partial charge < -0.3 is 10.4 Å². The van der Waals surface area contributed by atoms with Gasteiger partial charge in [-0.1, -0.05) is 6.92 Å². The molecular weight excluding hydrogens is 273 g/mol. The molecule has 120 valence electrons. The standard InChI is InChI=1S/C13H25F3N2O2/c1-5-7-17-12(4,11(19)20)6-8-18(10(2)3)9-13(14,15)16/h10,17H,5-9H2,1-4H3,(H,19,20). The molecule has 1 unspecified atom stereocenters. The Kier molecular flexibility index (Phi) is 7.51. The maximum Gasteiger partial charge on any atom is 0.401 e. The van der Waals surface area contributed by atoms with Gasteiger partial charge in [0.25, 0.3) is 0 Å². The molecule has 7 heteroatoms. The van der Waals surface area contributed by atoms with E-state index in [1.165, 1.54) is 11.8 Å². The lowest BCUT2D eigenvalue weighted by atomic mass is 9.97. The molecule has 0 bridgehead atoms. The van der Waals surface area contributed by atoms with Crippen molar-refractivity contribution in [3.63, 3.8) is 0 Å². The van der Waals surface area contributed by atoms with Crippen LogP contribution in [0.5, 0.6) is 0 Å². The van der Waals surface area contributed by atoms with E-state index >= 15 is 0 Å². The van der Waals surface area contributed by atoms with Crippen molar-refractivity contribution in [1.82, 2.24) is 10.2 Å². The lowest BCUT2D eigenvalue weighted by Gasteiger charge is -2.32. The molecule has 1 atom stereocenters. The predicted molar refractivity (Wildman–Crippen MR) is 71.7 cm³/mol. The maximum atomic E-state index is 12.5. The minimum absolute atomic E-state index is 0.0801. The first-order valence-corrected chi connectivity index (χ1v) is 6.81. The van der Waals surface area contributed by atoms with E-state index in [9.17, 15) is 23.1 Å².